The van der Waals surface area contributed by atoms with Crippen molar-refractivity contribution in [1.82, 2.24) is 10.3 Å². The van der Waals surface area contributed by atoms with Crippen molar-refractivity contribution in [1.29, 1.82) is 5.26 Å². The third-order valence-electron chi connectivity index (χ3n) is 4.30. The minimum absolute atomic E-state index is 0.172. The number of carbonyl (C=O) groups is 1. The van der Waals surface area contributed by atoms with Crippen molar-refractivity contribution in [2.75, 3.05) is 20.3 Å². The van der Waals surface area contributed by atoms with E-state index in [1.165, 1.54) is 13.2 Å². The average molecular weight is 461 g/mol. The van der Waals surface area contributed by atoms with E-state index >= 15 is 0 Å². The Morgan fingerprint density at radius 1 is 1.25 bits per heavy atom. The SMILES string of the molecule is CCNC(=O)COc1ccc(/C=C(\C#N)c2nc3cc(C(F)(F)F)ccc3s2)cc1OC. The molecule has 1 heterocycles. The molecule has 0 aliphatic rings. The molecule has 3 aromatic rings. The number of methoxy groups -OCH3 is 1. The Bertz CT molecular complexity index is 1210. The molecular weight excluding hydrogens is 443 g/mol. The van der Waals surface area contributed by atoms with Crippen LogP contribution in [-0.4, -0.2) is 31.2 Å². The molecular formula is C22H18F3N3O3S. The van der Waals surface area contributed by atoms with Gasteiger partial charge in [0, 0.05) is 6.54 Å². The number of nitrogens with zero attached hydrogens (tertiary/aromatic N) is 2. The largest absolute Gasteiger partial charge is 0.493 e. The number of nitrogens with one attached hydrogen (secondary N) is 1. The molecule has 6 nitrogen and oxygen atoms in total. The zero-order chi connectivity index (χ0) is 23.3. The summed E-state index contributed by atoms with van der Waals surface area (Å²) in [5.41, 5.74) is 0.168. The lowest BCUT2D eigenvalue weighted by Crippen LogP contribution is -2.28. The number of alkyl halides is 3. The molecule has 0 radical (unpaired) electrons. The summed E-state index contributed by atoms with van der Waals surface area (Å²) in [6.07, 6.45) is -2.91. The number of nitriles is 1. The van der Waals surface area contributed by atoms with Gasteiger partial charge in [-0.2, -0.15) is 18.4 Å². The number of fused-ring (bicyclic) bond motifs is 1. The van der Waals surface area contributed by atoms with Crippen LogP contribution in [0.1, 0.15) is 23.1 Å². The number of likely N-dealkylation sites (N-methyl/N-ethyl adjacent to an activating group) is 1. The fourth-order valence-electron chi connectivity index (χ4n) is 2.81. The minimum atomic E-state index is -4.47. The van der Waals surface area contributed by atoms with Crippen molar-refractivity contribution in [3.05, 3.63) is 52.5 Å². The number of amides is 1. The van der Waals surface area contributed by atoms with E-state index in [4.69, 9.17) is 9.47 Å². The number of halogens is 3. The summed E-state index contributed by atoms with van der Waals surface area (Å²) in [4.78, 5) is 15.8. The van der Waals surface area contributed by atoms with Gasteiger partial charge in [-0.3, -0.25) is 4.79 Å². The molecule has 0 unspecified atom stereocenters. The smallest absolute Gasteiger partial charge is 0.416 e. The Morgan fingerprint density at radius 2 is 2.03 bits per heavy atom. The van der Waals surface area contributed by atoms with Gasteiger partial charge in [0.1, 0.15) is 11.1 Å². The molecule has 0 aliphatic carbocycles. The van der Waals surface area contributed by atoms with Crippen LogP contribution in [0.3, 0.4) is 0 Å². The van der Waals surface area contributed by atoms with E-state index in [1.54, 1.807) is 31.2 Å². The summed E-state index contributed by atoms with van der Waals surface area (Å²) in [6, 6.07) is 10.2. The monoisotopic (exact) mass is 461 g/mol. The van der Waals surface area contributed by atoms with Gasteiger partial charge in [-0.15, -0.1) is 11.3 Å². The second-order valence-electron chi connectivity index (χ2n) is 6.52. The molecule has 0 fully saturated rings. The molecule has 1 aromatic heterocycles. The van der Waals surface area contributed by atoms with Crippen LogP contribution >= 0.6 is 11.3 Å². The van der Waals surface area contributed by atoms with E-state index in [0.717, 1.165) is 23.5 Å². The highest BCUT2D eigenvalue weighted by Gasteiger charge is 2.30. The van der Waals surface area contributed by atoms with Crippen LogP contribution in [0.5, 0.6) is 11.5 Å². The first-order valence-electron chi connectivity index (χ1n) is 9.42. The first kappa shape index (κ1) is 23.1. The van der Waals surface area contributed by atoms with Gasteiger partial charge in [0.15, 0.2) is 18.1 Å². The molecule has 0 saturated heterocycles. The first-order chi connectivity index (χ1) is 15.2. The number of rotatable bonds is 7. The summed E-state index contributed by atoms with van der Waals surface area (Å²) >= 11 is 1.13. The van der Waals surface area contributed by atoms with Crippen molar-refractivity contribution < 1.29 is 27.4 Å². The lowest BCUT2D eigenvalue weighted by atomic mass is 10.1. The minimum Gasteiger partial charge on any atom is -0.493 e. The summed E-state index contributed by atoms with van der Waals surface area (Å²) in [5.74, 6) is 0.448. The number of hydrogen-bond donors (Lipinski definition) is 1. The van der Waals surface area contributed by atoms with Crippen LogP contribution in [0.2, 0.25) is 0 Å². The number of benzene rings is 2. The van der Waals surface area contributed by atoms with Crippen LogP contribution < -0.4 is 14.8 Å². The maximum atomic E-state index is 12.9. The molecule has 0 spiro atoms. The van der Waals surface area contributed by atoms with E-state index in [1.807, 2.05) is 6.07 Å². The van der Waals surface area contributed by atoms with E-state index < -0.39 is 11.7 Å². The number of aromatic nitrogens is 1. The molecule has 1 N–H and O–H groups in total. The van der Waals surface area contributed by atoms with E-state index in [9.17, 15) is 23.2 Å². The molecule has 3 rings (SSSR count). The number of hydrogen-bond acceptors (Lipinski definition) is 6. The number of thiazole rings is 1. The molecule has 32 heavy (non-hydrogen) atoms. The molecule has 10 heteroatoms. The Morgan fingerprint density at radius 3 is 2.69 bits per heavy atom. The summed E-state index contributed by atoms with van der Waals surface area (Å²) in [7, 11) is 1.44. The van der Waals surface area contributed by atoms with Crippen LogP contribution in [0.4, 0.5) is 13.2 Å². The quantitative estimate of drug-likeness (QED) is 0.506. The summed E-state index contributed by atoms with van der Waals surface area (Å²) in [6.45, 7) is 2.12. The predicted octanol–water partition coefficient (Wildman–Crippen LogP) is 4.90. The second-order valence-corrected chi connectivity index (χ2v) is 7.55. The van der Waals surface area contributed by atoms with E-state index in [-0.39, 0.29) is 23.6 Å². The Hall–Kier alpha value is -3.58. The highest BCUT2D eigenvalue weighted by atomic mass is 32.1. The average Bonchev–Trinajstić information content (AvgIpc) is 3.19. The fraction of sp³-hybridized carbons (Fsp3) is 0.227. The Labute approximate surface area is 185 Å². The zero-order valence-electron chi connectivity index (χ0n) is 17.1. The highest BCUT2D eigenvalue weighted by Crippen LogP contribution is 2.35. The van der Waals surface area contributed by atoms with Gasteiger partial charge in [-0.1, -0.05) is 6.07 Å². The molecule has 166 valence electrons. The third kappa shape index (κ3) is 5.36. The molecule has 1 amide bonds. The maximum Gasteiger partial charge on any atom is 0.416 e. The van der Waals surface area contributed by atoms with Gasteiger partial charge >= 0.3 is 6.18 Å². The Balaban J connectivity index is 1.89. The number of allylic oxidation sites excluding steroid dienone is 1. The van der Waals surface area contributed by atoms with Crippen molar-refractivity contribution in [2.45, 2.75) is 13.1 Å². The molecule has 0 saturated carbocycles. The van der Waals surface area contributed by atoms with Gasteiger partial charge in [0.05, 0.1) is 28.5 Å². The lowest BCUT2D eigenvalue weighted by Gasteiger charge is -2.11. The molecule has 2 aromatic carbocycles. The van der Waals surface area contributed by atoms with E-state index in [0.29, 0.717) is 33.3 Å². The maximum absolute atomic E-state index is 12.9. The lowest BCUT2D eigenvalue weighted by molar-refractivity contribution is -0.137. The summed E-state index contributed by atoms with van der Waals surface area (Å²) < 4.78 is 50.1. The van der Waals surface area contributed by atoms with E-state index in [2.05, 4.69) is 10.3 Å². The van der Waals surface area contributed by atoms with Gasteiger partial charge in [-0.25, -0.2) is 4.98 Å². The number of ether oxygens (including phenoxy) is 2. The van der Waals surface area contributed by atoms with Crippen LogP contribution in [0.15, 0.2) is 36.4 Å². The zero-order valence-corrected chi connectivity index (χ0v) is 17.9. The third-order valence-corrected chi connectivity index (χ3v) is 5.37. The second kappa shape index (κ2) is 9.70. The van der Waals surface area contributed by atoms with Gasteiger partial charge in [-0.05, 0) is 48.9 Å². The molecule has 0 bridgehead atoms. The Kier molecular flexibility index (Phi) is 7.00. The number of carbonyl (C=O) groups excluding carboxylic acids is 1. The van der Waals surface area contributed by atoms with Crippen molar-refractivity contribution in [2.24, 2.45) is 0 Å². The highest BCUT2D eigenvalue weighted by molar-refractivity contribution is 7.19. The normalized spacial score (nSPS) is 11.8. The van der Waals surface area contributed by atoms with Gasteiger partial charge in [0.25, 0.3) is 5.91 Å². The topological polar surface area (TPSA) is 84.2 Å². The molecule has 0 atom stereocenters. The summed E-state index contributed by atoms with van der Waals surface area (Å²) in [5, 5.41) is 12.5. The predicted molar refractivity (Wildman–Crippen MR) is 115 cm³/mol. The van der Waals surface area contributed by atoms with Gasteiger partial charge < -0.3 is 14.8 Å². The van der Waals surface area contributed by atoms with Crippen molar-refractivity contribution in [3.63, 3.8) is 0 Å². The van der Waals surface area contributed by atoms with Crippen LogP contribution in [0, 0.1) is 11.3 Å². The van der Waals surface area contributed by atoms with Crippen molar-refractivity contribution >= 4 is 39.1 Å². The first-order valence-corrected chi connectivity index (χ1v) is 10.2. The van der Waals surface area contributed by atoms with Crippen LogP contribution in [0.25, 0.3) is 21.9 Å². The van der Waals surface area contributed by atoms with Crippen molar-refractivity contribution in [3.8, 4) is 17.6 Å². The van der Waals surface area contributed by atoms with Crippen LogP contribution in [-0.2, 0) is 11.0 Å². The standard InChI is InChI=1S/C22H18F3N3O3S/c1-3-27-20(29)12-31-17-6-4-13(9-18(17)30-2)8-14(11-26)21-28-16-10-15(22(23,24)25)5-7-19(16)32-21/h4-10H,3,12H2,1-2H3,(H,27,29)/b14-8+. The molecule has 0 aliphatic heterocycles. The fourth-order valence-corrected chi connectivity index (χ4v) is 3.72. The van der Waals surface area contributed by atoms with Gasteiger partial charge in [0.2, 0.25) is 0 Å².